The Hall–Kier alpha value is -1.70. The van der Waals surface area contributed by atoms with E-state index in [0.717, 1.165) is 37.0 Å². The molecule has 0 fully saturated rings. The third kappa shape index (κ3) is 5.01. The Bertz CT molecular complexity index is 769. The largest absolute Gasteiger partial charge is 0.508 e. The molecule has 1 aliphatic heterocycles. The fourth-order valence-corrected chi connectivity index (χ4v) is 5.03. The van der Waals surface area contributed by atoms with Crippen molar-refractivity contribution in [3.63, 3.8) is 0 Å². The number of aryl methyl sites for hydroxylation is 1. The number of aromatic hydroxyl groups is 1. The van der Waals surface area contributed by atoms with Crippen LogP contribution in [0.4, 0.5) is 0 Å². The summed E-state index contributed by atoms with van der Waals surface area (Å²) in [5.74, 6) is 1.27. The summed E-state index contributed by atoms with van der Waals surface area (Å²) in [5.41, 5.74) is 6.25. The second-order valence-corrected chi connectivity index (χ2v) is 9.93. The van der Waals surface area contributed by atoms with Crippen molar-refractivity contribution in [2.75, 3.05) is 0 Å². The first-order chi connectivity index (χ1) is 13.2. The summed E-state index contributed by atoms with van der Waals surface area (Å²) in [6.07, 6.45) is 12.9. The molecule has 0 saturated carbocycles. The van der Waals surface area contributed by atoms with Crippen LogP contribution >= 0.6 is 0 Å². The number of phenols is 1. The summed E-state index contributed by atoms with van der Waals surface area (Å²) in [6.45, 7) is 11.7. The number of benzene rings is 1. The van der Waals surface area contributed by atoms with Gasteiger partial charge in [-0.2, -0.15) is 0 Å². The summed E-state index contributed by atoms with van der Waals surface area (Å²) in [7, 11) is 0. The summed E-state index contributed by atoms with van der Waals surface area (Å²) >= 11 is 0. The monoisotopic (exact) mass is 382 g/mol. The minimum Gasteiger partial charge on any atom is -0.508 e. The number of fused-ring (bicyclic) bond motifs is 1. The molecular weight excluding hydrogens is 344 g/mol. The lowest BCUT2D eigenvalue weighted by molar-refractivity contribution is 0.0570. The zero-order chi connectivity index (χ0) is 20.4. The van der Waals surface area contributed by atoms with Crippen molar-refractivity contribution in [1.29, 1.82) is 0 Å². The Morgan fingerprint density at radius 3 is 2.71 bits per heavy atom. The third-order valence-electron chi connectivity index (χ3n) is 6.94. The van der Waals surface area contributed by atoms with Crippen LogP contribution in [0.1, 0.15) is 91.5 Å². The Morgan fingerprint density at radius 2 is 1.96 bits per heavy atom. The van der Waals surface area contributed by atoms with Gasteiger partial charge in [-0.15, -0.1) is 0 Å². The molecule has 1 aliphatic carbocycles. The summed E-state index contributed by atoms with van der Waals surface area (Å²) in [4.78, 5) is 0. The zero-order valence-corrected chi connectivity index (χ0v) is 18.5. The molecule has 1 aromatic carbocycles. The molecule has 0 aromatic heterocycles. The van der Waals surface area contributed by atoms with E-state index in [-0.39, 0.29) is 5.60 Å². The summed E-state index contributed by atoms with van der Waals surface area (Å²) in [5, 5.41) is 9.65. The molecule has 3 rings (SSSR count). The second kappa shape index (κ2) is 8.35. The van der Waals surface area contributed by atoms with Crippen LogP contribution in [0.15, 0.2) is 41.0 Å². The maximum Gasteiger partial charge on any atom is 0.123 e. The lowest BCUT2D eigenvalue weighted by Crippen LogP contribution is -2.36. The number of phenolic OH excluding ortho intramolecular Hbond substituents is 1. The van der Waals surface area contributed by atoms with E-state index < -0.39 is 0 Å². The van der Waals surface area contributed by atoms with Gasteiger partial charge in [-0.25, -0.2) is 0 Å². The van der Waals surface area contributed by atoms with Crippen LogP contribution in [0.3, 0.4) is 0 Å². The standard InChI is InChI=1S/C26H38O2/c1-19(10-12-23-20(2)9-7-15-25(23,3)4)8-6-16-26(5)17-14-21-18-22(27)11-13-24(21)28-26/h8,11,13,18,27H,6-7,9-10,12,14-17H2,1-5H3/b19-8+/t26-/m0/s1. The van der Waals surface area contributed by atoms with Crippen molar-refractivity contribution >= 4 is 0 Å². The molecule has 1 atom stereocenters. The molecule has 0 spiro atoms. The lowest BCUT2D eigenvalue weighted by atomic mass is 9.71. The maximum absolute atomic E-state index is 9.65. The normalized spacial score (nSPS) is 24.7. The number of ether oxygens (including phenoxy) is 1. The van der Waals surface area contributed by atoms with Gasteiger partial charge in [-0.3, -0.25) is 0 Å². The predicted molar refractivity (Wildman–Crippen MR) is 118 cm³/mol. The van der Waals surface area contributed by atoms with Gasteiger partial charge in [0.15, 0.2) is 0 Å². The average Bonchev–Trinajstić information content (AvgIpc) is 2.61. The molecule has 1 N–H and O–H groups in total. The summed E-state index contributed by atoms with van der Waals surface area (Å²) < 4.78 is 6.30. The van der Waals surface area contributed by atoms with Crippen LogP contribution < -0.4 is 4.74 Å². The first-order valence-corrected chi connectivity index (χ1v) is 11.0. The SMILES string of the molecule is CC1=C(CC/C(C)=C/CC[C@@]2(C)CCc3cc(O)ccc3O2)C(C)(C)CCC1. The number of allylic oxidation sites excluding steroid dienone is 4. The minimum atomic E-state index is -0.106. The molecule has 2 nitrogen and oxygen atoms in total. The first-order valence-electron chi connectivity index (χ1n) is 11.0. The summed E-state index contributed by atoms with van der Waals surface area (Å²) in [6, 6.07) is 5.46. The highest BCUT2D eigenvalue weighted by Crippen LogP contribution is 2.43. The molecule has 0 saturated heterocycles. The van der Waals surface area contributed by atoms with Gasteiger partial charge in [0.2, 0.25) is 0 Å². The van der Waals surface area contributed by atoms with Gasteiger partial charge in [-0.1, -0.05) is 36.6 Å². The van der Waals surface area contributed by atoms with Crippen LogP contribution in [-0.4, -0.2) is 10.7 Å². The van der Waals surface area contributed by atoms with E-state index in [9.17, 15) is 5.11 Å². The molecule has 0 radical (unpaired) electrons. The molecule has 1 heterocycles. The van der Waals surface area contributed by atoms with Gasteiger partial charge in [0.25, 0.3) is 0 Å². The van der Waals surface area contributed by atoms with E-state index in [2.05, 4.69) is 40.7 Å². The van der Waals surface area contributed by atoms with Crippen molar-refractivity contribution in [3.8, 4) is 11.5 Å². The average molecular weight is 383 g/mol. The van der Waals surface area contributed by atoms with E-state index in [1.807, 2.05) is 12.1 Å². The molecule has 2 heteroatoms. The van der Waals surface area contributed by atoms with Crippen LogP contribution in [0.5, 0.6) is 11.5 Å². The predicted octanol–water partition coefficient (Wildman–Crippen LogP) is 7.51. The van der Waals surface area contributed by atoms with E-state index in [1.165, 1.54) is 37.7 Å². The first kappa shape index (κ1) is 21.0. The van der Waals surface area contributed by atoms with Crippen molar-refractivity contribution in [3.05, 3.63) is 46.6 Å². The number of hydrogen-bond acceptors (Lipinski definition) is 2. The van der Waals surface area contributed by atoms with E-state index in [0.29, 0.717) is 11.2 Å². The second-order valence-electron chi connectivity index (χ2n) is 9.93. The number of hydrogen-bond donors (Lipinski definition) is 1. The Balaban J connectivity index is 1.52. The topological polar surface area (TPSA) is 29.5 Å². The molecule has 1 aromatic rings. The molecule has 28 heavy (non-hydrogen) atoms. The zero-order valence-electron chi connectivity index (χ0n) is 18.5. The maximum atomic E-state index is 9.65. The van der Waals surface area contributed by atoms with E-state index in [1.54, 1.807) is 17.2 Å². The van der Waals surface area contributed by atoms with Crippen LogP contribution in [0.2, 0.25) is 0 Å². The molecule has 154 valence electrons. The van der Waals surface area contributed by atoms with Gasteiger partial charge >= 0.3 is 0 Å². The highest BCUT2D eigenvalue weighted by Gasteiger charge is 2.31. The molecule has 0 unspecified atom stereocenters. The van der Waals surface area contributed by atoms with Crippen LogP contribution in [0, 0.1) is 5.41 Å². The lowest BCUT2D eigenvalue weighted by Gasteiger charge is -2.36. The minimum absolute atomic E-state index is 0.106. The fourth-order valence-electron chi connectivity index (χ4n) is 5.03. The van der Waals surface area contributed by atoms with Crippen molar-refractivity contribution in [2.45, 2.75) is 98.0 Å². The van der Waals surface area contributed by atoms with Crippen molar-refractivity contribution < 1.29 is 9.84 Å². The van der Waals surface area contributed by atoms with Gasteiger partial charge < -0.3 is 9.84 Å². The molecular formula is C26H38O2. The van der Waals surface area contributed by atoms with Gasteiger partial charge in [0, 0.05) is 0 Å². The number of rotatable bonds is 6. The molecule has 0 bridgehead atoms. The molecule has 0 amide bonds. The highest BCUT2D eigenvalue weighted by molar-refractivity contribution is 5.41. The van der Waals surface area contributed by atoms with Crippen LogP contribution in [-0.2, 0) is 6.42 Å². The third-order valence-corrected chi connectivity index (χ3v) is 6.94. The Kier molecular flexibility index (Phi) is 6.27. The molecule has 2 aliphatic rings. The smallest absolute Gasteiger partial charge is 0.123 e. The van der Waals surface area contributed by atoms with E-state index >= 15 is 0 Å². The van der Waals surface area contributed by atoms with E-state index in [4.69, 9.17) is 4.74 Å². The van der Waals surface area contributed by atoms with Crippen molar-refractivity contribution in [2.24, 2.45) is 5.41 Å². The highest BCUT2D eigenvalue weighted by atomic mass is 16.5. The van der Waals surface area contributed by atoms with Gasteiger partial charge in [-0.05, 0) is 108 Å². The quantitative estimate of drug-likeness (QED) is 0.516. The van der Waals surface area contributed by atoms with Crippen LogP contribution in [0.25, 0.3) is 0 Å². The fraction of sp³-hybridized carbons (Fsp3) is 0.615. The van der Waals surface area contributed by atoms with Gasteiger partial charge in [0.05, 0.1) is 0 Å². The Morgan fingerprint density at radius 1 is 1.18 bits per heavy atom. The van der Waals surface area contributed by atoms with Gasteiger partial charge in [0.1, 0.15) is 17.1 Å². The Labute approximate surface area is 171 Å². The van der Waals surface area contributed by atoms with Crippen molar-refractivity contribution in [1.82, 2.24) is 0 Å².